The molecule has 0 bridgehead atoms. The lowest BCUT2D eigenvalue weighted by Gasteiger charge is -2.19. The van der Waals surface area contributed by atoms with Gasteiger partial charge in [-0.2, -0.15) is 0 Å². The predicted octanol–water partition coefficient (Wildman–Crippen LogP) is 3.96. The molecule has 0 amide bonds. The Bertz CT molecular complexity index is 816. The highest BCUT2D eigenvalue weighted by atomic mass is 16.6. The molecule has 3 aromatic rings. The monoisotopic (exact) mass is 313 g/mol. The van der Waals surface area contributed by atoms with E-state index in [1.54, 1.807) is 0 Å². The second kappa shape index (κ2) is 6.85. The van der Waals surface area contributed by atoms with Gasteiger partial charge < -0.3 is 9.00 Å². The van der Waals surface area contributed by atoms with Crippen LogP contribution < -0.4 is 5.46 Å². The van der Waals surface area contributed by atoms with E-state index in [0.717, 1.165) is 23.2 Å². The molecule has 3 aromatic carbocycles. The molecule has 0 fully saturated rings. The molecule has 2 nitrogen and oxygen atoms in total. The molecule has 0 N–H and O–H groups in total. The molecule has 0 aromatic heterocycles. The fourth-order valence-electron chi connectivity index (χ4n) is 3.00. The highest BCUT2D eigenvalue weighted by molar-refractivity contribution is 6.60. The Morgan fingerprint density at radius 1 is 0.750 bits per heavy atom. The van der Waals surface area contributed by atoms with Crippen LogP contribution in [0, 0.1) is 0 Å². The van der Waals surface area contributed by atoms with Crippen LogP contribution in [0.1, 0.15) is 28.0 Å². The quantitative estimate of drug-likeness (QED) is 0.529. The molecule has 3 heteroatoms. The molecule has 116 valence electrons. The van der Waals surface area contributed by atoms with Crippen molar-refractivity contribution < 1.29 is 9.00 Å². The molecule has 24 heavy (non-hydrogen) atoms. The minimum absolute atomic E-state index is 0.0136. The SMILES string of the molecule is c1ccc(B2OC(c3ccccc3)CC(c3ccccc3)=[O+]2)cc1. The van der Waals surface area contributed by atoms with Crippen LogP contribution in [0.2, 0.25) is 0 Å². The summed E-state index contributed by atoms with van der Waals surface area (Å²) >= 11 is 0. The van der Waals surface area contributed by atoms with E-state index in [1.807, 2.05) is 66.7 Å². The van der Waals surface area contributed by atoms with Crippen LogP contribution in [0.5, 0.6) is 0 Å². The summed E-state index contributed by atoms with van der Waals surface area (Å²) in [5.74, 6) is 0.976. The summed E-state index contributed by atoms with van der Waals surface area (Å²) in [6, 6.07) is 30.7. The van der Waals surface area contributed by atoms with Crippen molar-refractivity contribution in [3.05, 3.63) is 102 Å². The van der Waals surface area contributed by atoms with Gasteiger partial charge in [-0.15, -0.1) is 0 Å². The van der Waals surface area contributed by atoms with Crippen LogP contribution in [0.3, 0.4) is 0 Å². The summed E-state index contributed by atoms with van der Waals surface area (Å²) in [5, 5.41) is 0. The summed E-state index contributed by atoms with van der Waals surface area (Å²) < 4.78 is 12.5. The second-order valence-electron chi connectivity index (χ2n) is 5.89. The molecule has 1 unspecified atom stereocenters. The maximum Gasteiger partial charge on any atom is 0.874 e. The molecule has 0 aliphatic carbocycles. The minimum atomic E-state index is -0.389. The smallest absolute Gasteiger partial charge is 0.350 e. The van der Waals surface area contributed by atoms with E-state index in [0.29, 0.717) is 0 Å². The van der Waals surface area contributed by atoms with Crippen molar-refractivity contribution in [1.82, 2.24) is 0 Å². The second-order valence-corrected chi connectivity index (χ2v) is 5.89. The van der Waals surface area contributed by atoms with Gasteiger partial charge in [-0.1, -0.05) is 78.9 Å². The highest BCUT2D eigenvalue weighted by Crippen LogP contribution is 2.28. The van der Waals surface area contributed by atoms with Crippen molar-refractivity contribution in [1.29, 1.82) is 0 Å². The van der Waals surface area contributed by atoms with Crippen molar-refractivity contribution in [2.45, 2.75) is 12.5 Å². The van der Waals surface area contributed by atoms with E-state index in [1.165, 1.54) is 5.56 Å². The van der Waals surface area contributed by atoms with Crippen molar-refractivity contribution in [2.75, 3.05) is 0 Å². The third-order valence-corrected chi connectivity index (χ3v) is 4.25. The third kappa shape index (κ3) is 3.17. The van der Waals surface area contributed by atoms with Gasteiger partial charge in [0, 0.05) is 0 Å². The van der Waals surface area contributed by atoms with Crippen LogP contribution in [0.4, 0.5) is 0 Å². The van der Waals surface area contributed by atoms with Gasteiger partial charge in [0.15, 0.2) is 0 Å². The molecule has 1 aliphatic rings. The number of hydrogen-bond donors (Lipinski definition) is 0. The first-order valence-corrected chi connectivity index (χ1v) is 8.23. The van der Waals surface area contributed by atoms with E-state index in [2.05, 4.69) is 24.3 Å². The highest BCUT2D eigenvalue weighted by Gasteiger charge is 2.47. The first-order valence-electron chi connectivity index (χ1n) is 8.23. The standard InChI is InChI=1S/C21H18BO2/c1-4-10-17(11-5-1)20-16-21(18-12-6-2-7-13-18)24-22(23-20)19-14-8-3-9-15-19/h1-15,20H,16H2/q+1. The van der Waals surface area contributed by atoms with E-state index >= 15 is 0 Å². The van der Waals surface area contributed by atoms with Gasteiger partial charge in [-0.3, -0.25) is 0 Å². The van der Waals surface area contributed by atoms with Crippen LogP contribution >= 0.6 is 0 Å². The molecule has 0 saturated heterocycles. The molecule has 0 spiro atoms. The average molecular weight is 313 g/mol. The maximum atomic E-state index is 6.27. The lowest BCUT2D eigenvalue weighted by atomic mass is 9.77. The average Bonchev–Trinajstić information content (AvgIpc) is 2.70. The third-order valence-electron chi connectivity index (χ3n) is 4.25. The first-order chi connectivity index (χ1) is 11.9. The minimum Gasteiger partial charge on any atom is -0.350 e. The zero-order valence-electron chi connectivity index (χ0n) is 13.3. The van der Waals surface area contributed by atoms with E-state index in [-0.39, 0.29) is 13.2 Å². The lowest BCUT2D eigenvalue weighted by molar-refractivity contribution is -0.146. The predicted molar refractivity (Wildman–Crippen MR) is 97.5 cm³/mol. The summed E-state index contributed by atoms with van der Waals surface area (Å²) in [6.07, 6.45) is 0.720. The number of benzene rings is 3. The van der Waals surface area contributed by atoms with Gasteiger partial charge >= 0.3 is 7.12 Å². The molecule has 4 rings (SSSR count). The summed E-state index contributed by atoms with van der Waals surface area (Å²) in [6.45, 7) is 0. The number of hydrogen-bond acceptors (Lipinski definition) is 1. The normalized spacial score (nSPS) is 17.4. The molecule has 1 heterocycles. The Balaban J connectivity index is 1.73. The first kappa shape index (κ1) is 14.9. The van der Waals surface area contributed by atoms with E-state index in [9.17, 15) is 0 Å². The number of rotatable bonds is 3. The summed E-state index contributed by atoms with van der Waals surface area (Å²) in [4.78, 5) is 0. The molecular weight excluding hydrogens is 295 g/mol. The molecule has 1 aliphatic heterocycles. The van der Waals surface area contributed by atoms with Crippen molar-refractivity contribution in [3.63, 3.8) is 0 Å². The van der Waals surface area contributed by atoms with E-state index < -0.39 is 0 Å². The Labute approximate surface area is 142 Å². The zero-order valence-corrected chi connectivity index (χ0v) is 13.3. The molecule has 0 radical (unpaired) electrons. The van der Waals surface area contributed by atoms with Crippen molar-refractivity contribution in [2.24, 2.45) is 0 Å². The molecule has 0 saturated carbocycles. The van der Waals surface area contributed by atoms with Crippen molar-refractivity contribution in [3.8, 4) is 0 Å². The fourth-order valence-corrected chi connectivity index (χ4v) is 3.00. The number of carbonyl (C=O) groups excluding carboxylic acids is 1. The van der Waals surface area contributed by atoms with Gasteiger partial charge in [-0.25, -0.2) is 0 Å². The van der Waals surface area contributed by atoms with Gasteiger partial charge in [0.05, 0.1) is 23.6 Å². The lowest BCUT2D eigenvalue weighted by Crippen LogP contribution is -2.39. The summed E-state index contributed by atoms with van der Waals surface area (Å²) in [5.41, 5.74) is 3.32. The van der Waals surface area contributed by atoms with Crippen LogP contribution in [-0.2, 0) is 4.65 Å². The Hall–Kier alpha value is -2.65. The van der Waals surface area contributed by atoms with Gasteiger partial charge in [-0.05, 0) is 17.7 Å². The van der Waals surface area contributed by atoms with Gasteiger partial charge in [0.2, 0.25) is 0 Å². The summed E-state index contributed by atoms with van der Waals surface area (Å²) in [7, 11) is -0.389. The molecular formula is C21H18BO2+. The Kier molecular flexibility index (Phi) is 4.26. The fraction of sp³-hybridized carbons (Fsp3) is 0.0952. The van der Waals surface area contributed by atoms with Gasteiger partial charge in [0.25, 0.3) is 5.78 Å². The van der Waals surface area contributed by atoms with Gasteiger partial charge in [0.1, 0.15) is 0 Å². The van der Waals surface area contributed by atoms with Crippen LogP contribution in [0.25, 0.3) is 0 Å². The number of ketones is 1. The van der Waals surface area contributed by atoms with E-state index in [4.69, 9.17) is 9.00 Å². The largest absolute Gasteiger partial charge is 0.874 e. The van der Waals surface area contributed by atoms with Crippen molar-refractivity contribution >= 4 is 18.4 Å². The van der Waals surface area contributed by atoms with Crippen LogP contribution in [0.15, 0.2) is 91.0 Å². The topological polar surface area (TPSA) is 20.5 Å². The zero-order chi connectivity index (χ0) is 16.2. The Morgan fingerprint density at radius 3 is 2.00 bits per heavy atom. The maximum absolute atomic E-state index is 6.27. The molecule has 1 atom stereocenters. The van der Waals surface area contributed by atoms with Crippen LogP contribution in [-0.4, -0.2) is 12.9 Å². The Morgan fingerprint density at radius 2 is 1.33 bits per heavy atom.